The monoisotopic (exact) mass is 260 g/mol. The van der Waals surface area contributed by atoms with Gasteiger partial charge in [-0.05, 0) is 20.3 Å². The van der Waals surface area contributed by atoms with Gasteiger partial charge in [0.2, 0.25) is 0 Å². The van der Waals surface area contributed by atoms with Gasteiger partial charge in [-0.1, -0.05) is 0 Å². The molecule has 0 spiro atoms. The van der Waals surface area contributed by atoms with Crippen molar-refractivity contribution in [1.82, 2.24) is 10.3 Å². The summed E-state index contributed by atoms with van der Waals surface area (Å²) in [5.74, 6) is 0.429. The molecule has 16 heavy (non-hydrogen) atoms. The van der Waals surface area contributed by atoms with Crippen LogP contribution in [0.15, 0.2) is 11.6 Å². The topological polar surface area (TPSA) is 59.1 Å². The van der Waals surface area contributed by atoms with Crippen molar-refractivity contribution in [2.45, 2.75) is 31.8 Å². The highest BCUT2D eigenvalue weighted by molar-refractivity contribution is 7.91. The van der Waals surface area contributed by atoms with E-state index < -0.39 is 15.4 Å². The van der Waals surface area contributed by atoms with Gasteiger partial charge in [0.1, 0.15) is 5.01 Å². The van der Waals surface area contributed by atoms with Gasteiger partial charge in [-0.25, -0.2) is 13.4 Å². The predicted octanol–water partition coefficient (Wildman–Crippen LogP) is 1.15. The number of aromatic nitrogens is 1. The third kappa shape index (κ3) is 2.28. The quantitative estimate of drug-likeness (QED) is 0.886. The van der Waals surface area contributed by atoms with Crippen molar-refractivity contribution in [3.05, 3.63) is 16.6 Å². The maximum atomic E-state index is 11.7. The van der Waals surface area contributed by atoms with E-state index in [2.05, 4.69) is 10.3 Å². The highest BCUT2D eigenvalue weighted by atomic mass is 32.2. The molecule has 1 unspecified atom stereocenters. The average molecular weight is 260 g/mol. The van der Waals surface area contributed by atoms with Crippen molar-refractivity contribution in [1.29, 1.82) is 0 Å². The molecule has 2 heterocycles. The first-order chi connectivity index (χ1) is 7.44. The lowest BCUT2D eigenvalue weighted by Crippen LogP contribution is -2.47. The average Bonchev–Trinajstić information content (AvgIpc) is 2.72. The van der Waals surface area contributed by atoms with Crippen molar-refractivity contribution in [2.75, 3.05) is 11.5 Å². The van der Waals surface area contributed by atoms with Crippen molar-refractivity contribution >= 4 is 21.2 Å². The Morgan fingerprint density at radius 1 is 1.56 bits per heavy atom. The lowest BCUT2D eigenvalue weighted by Gasteiger charge is -2.29. The van der Waals surface area contributed by atoms with Crippen LogP contribution in [0.3, 0.4) is 0 Å². The number of sulfone groups is 1. The molecule has 1 saturated heterocycles. The van der Waals surface area contributed by atoms with Crippen LogP contribution < -0.4 is 5.32 Å². The van der Waals surface area contributed by atoms with Gasteiger partial charge in [0, 0.05) is 17.6 Å². The van der Waals surface area contributed by atoms with Gasteiger partial charge in [-0.2, -0.15) is 0 Å². The number of thiazole rings is 1. The maximum absolute atomic E-state index is 11.7. The van der Waals surface area contributed by atoms with E-state index in [0.29, 0.717) is 6.42 Å². The molecule has 1 aromatic heterocycles. The third-order valence-corrected chi connectivity index (χ3v) is 5.45. The fraction of sp³-hybridized carbons (Fsp3) is 0.700. The van der Waals surface area contributed by atoms with Gasteiger partial charge >= 0.3 is 0 Å². The Bertz CT molecular complexity index is 453. The molecule has 1 fully saturated rings. The van der Waals surface area contributed by atoms with Crippen molar-refractivity contribution in [3.8, 4) is 0 Å². The van der Waals surface area contributed by atoms with Crippen LogP contribution in [0.5, 0.6) is 0 Å². The molecule has 0 aromatic carbocycles. The summed E-state index contributed by atoms with van der Waals surface area (Å²) in [4.78, 5) is 4.28. The summed E-state index contributed by atoms with van der Waals surface area (Å²) in [6.07, 6.45) is 2.36. The molecule has 1 aromatic rings. The molecule has 1 atom stereocenters. The molecule has 1 aliphatic rings. The molecule has 1 N–H and O–H groups in total. The minimum atomic E-state index is -2.92. The second kappa shape index (κ2) is 4.09. The molecule has 0 amide bonds. The van der Waals surface area contributed by atoms with Gasteiger partial charge in [-0.3, -0.25) is 0 Å². The van der Waals surface area contributed by atoms with E-state index >= 15 is 0 Å². The van der Waals surface area contributed by atoms with Crippen LogP contribution in [0.1, 0.15) is 25.3 Å². The first kappa shape index (κ1) is 12.0. The zero-order valence-electron chi connectivity index (χ0n) is 9.43. The van der Waals surface area contributed by atoms with E-state index in [1.807, 2.05) is 19.2 Å². The van der Waals surface area contributed by atoms with Crippen molar-refractivity contribution < 1.29 is 8.42 Å². The second-order valence-corrected chi connectivity index (χ2v) is 7.64. The molecule has 1 aliphatic heterocycles. The third-order valence-electron chi connectivity index (χ3n) is 2.71. The Labute approximate surface area is 100 Å². The molecule has 90 valence electrons. The van der Waals surface area contributed by atoms with Gasteiger partial charge in [0.15, 0.2) is 9.84 Å². The minimum absolute atomic E-state index is 0.172. The largest absolute Gasteiger partial charge is 0.302 e. The van der Waals surface area contributed by atoms with Gasteiger partial charge in [0.05, 0.1) is 17.0 Å². The van der Waals surface area contributed by atoms with Crippen molar-refractivity contribution in [3.63, 3.8) is 0 Å². The zero-order valence-corrected chi connectivity index (χ0v) is 11.1. The first-order valence-corrected chi connectivity index (χ1v) is 8.02. The summed E-state index contributed by atoms with van der Waals surface area (Å²) < 4.78 is 23.3. The fourth-order valence-corrected chi connectivity index (χ4v) is 5.05. The van der Waals surface area contributed by atoms with Crippen molar-refractivity contribution in [2.24, 2.45) is 0 Å². The van der Waals surface area contributed by atoms with Gasteiger partial charge < -0.3 is 5.32 Å². The van der Waals surface area contributed by atoms with E-state index in [9.17, 15) is 8.42 Å². The summed E-state index contributed by atoms with van der Waals surface area (Å²) in [7, 11) is -2.92. The molecular formula is C10H16N2O2S2. The predicted molar refractivity (Wildman–Crippen MR) is 65.3 cm³/mol. The Balaban J connectivity index is 2.35. The Morgan fingerprint density at radius 2 is 2.31 bits per heavy atom. The van der Waals surface area contributed by atoms with Crippen LogP contribution in [-0.2, 0) is 15.4 Å². The summed E-state index contributed by atoms with van der Waals surface area (Å²) in [5, 5.41) is 6.17. The smallest absolute Gasteiger partial charge is 0.152 e. The highest BCUT2D eigenvalue weighted by Gasteiger charge is 2.45. The van der Waals surface area contributed by atoms with Crippen LogP contribution >= 0.6 is 11.3 Å². The Kier molecular flexibility index (Phi) is 3.07. The Hall–Kier alpha value is -0.460. The normalized spacial score (nSPS) is 28.7. The molecule has 0 saturated carbocycles. The number of nitrogens with zero attached hydrogens (tertiary/aromatic N) is 1. The highest BCUT2D eigenvalue weighted by Crippen LogP contribution is 2.35. The lowest BCUT2D eigenvalue weighted by molar-refractivity contribution is 0.340. The second-order valence-electron chi connectivity index (χ2n) is 4.56. The summed E-state index contributed by atoms with van der Waals surface area (Å²) in [6.45, 7) is 4.06. The van der Waals surface area contributed by atoms with Gasteiger partial charge in [-0.15, -0.1) is 11.3 Å². The molecule has 2 rings (SSSR count). The standard InChI is InChI=1S/C10H16N2O2S2/c1-8(2)12-10(9-11-4-5-15-9)3-6-16(13,14)7-10/h4-5,8,12H,3,6-7H2,1-2H3. The molecule has 4 nitrogen and oxygen atoms in total. The van der Waals surface area contributed by atoms with Crippen LogP contribution in [0.25, 0.3) is 0 Å². The molecule has 0 bridgehead atoms. The molecule has 0 aliphatic carbocycles. The van der Waals surface area contributed by atoms with Crippen LogP contribution in [0, 0.1) is 0 Å². The zero-order chi connectivity index (χ0) is 11.8. The number of hydrogen-bond donors (Lipinski definition) is 1. The summed E-state index contributed by atoms with van der Waals surface area (Å²) >= 11 is 1.52. The van der Waals surface area contributed by atoms with Crippen LogP contribution in [0.2, 0.25) is 0 Å². The number of hydrogen-bond acceptors (Lipinski definition) is 5. The minimum Gasteiger partial charge on any atom is -0.302 e. The number of nitrogens with one attached hydrogen (secondary N) is 1. The van der Waals surface area contributed by atoms with E-state index in [-0.39, 0.29) is 17.5 Å². The van der Waals surface area contributed by atoms with E-state index in [0.717, 1.165) is 5.01 Å². The molecular weight excluding hydrogens is 244 g/mol. The molecule has 0 radical (unpaired) electrons. The summed E-state index contributed by atoms with van der Waals surface area (Å²) in [6, 6.07) is 0.247. The lowest BCUT2D eigenvalue weighted by atomic mass is 9.99. The van der Waals surface area contributed by atoms with E-state index in [1.165, 1.54) is 11.3 Å². The van der Waals surface area contributed by atoms with E-state index in [4.69, 9.17) is 0 Å². The molecule has 6 heteroatoms. The fourth-order valence-electron chi connectivity index (χ4n) is 2.21. The number of rotatable bonds is 3. The maximum Gasteiger partial charge on any atom is 0.152 e. The van der Waals surface area contributed by atoms with E-state index in [1.54, 1.807) is 6.20 Å². The van der Waals surface area contributed by atoms with Crippen LogP contribution in [0.4, 0.5) is 0 Å². The Morgan fingerprint density at radius 3 is 2.75 bits per heavy atom. The van der Waals surface area contributed by atoms with Crippen LogP contribution in [-0.4, -0.2) is 30.9 Å². The SMILES string of the molecule is CC(C)NC1(c2nccs2)CCS(=O)(=O)C1. The first-order valence-electron chi connectivity index (χ1n) is 5.32. The van der Waals surface area contributed by atoms with Gasteiger partial charge in [0.25, 0.3) is 0 Å². The summed E-state index contributed by atoms with van der Waals surface area (Å²) in [5.41, 5.74) is -0.457.